The molecule has 6 nitrogen and oxygen atoms in total. The topological polar surface area (TPSA) is 67.2 Å². The predicted molar refractivity (Wildman–Crippen MR) is 126 cm³/mol. The maximum atomic E-state index is 13.2. The Hall–Kier alpha value is -1.86. The molecule has 0 fully saturated rings. The van der Waals surface area contributed by atoms with Crippen LogP contribution in [0.3, 0.4) is 0 Å². The number of nitrogens with zero attached hydrogens (tertiary/aromatic N) is 3. The lowest BCUT2D eigenvalue weighted by atomic mass is 10.1. The minimum Gasteiger partial charge on any atom is -0.353 e. The summed E-state index contributed by atoms with van der Waals surface area (Å²) < 4.78 is 1.73. The highest BCUT2D eigenvalue weighted by Gasteiger charge is 2.18. The molecule has 1 N–H and O–H groups in total. The summed E-state index contributed by atoms with van der Waals surface area (Å²) in [4.78, 5) is 32.7. The van der Waals surface area contributed by atoms with Crippen molar-refractivity contribution in [2.24, 2.45) is 5.92 Å². The quantitative estimate of drug-likeness (QED) is 0.457. The Morgan fingerprint density at radius 1 is 1.10 bits per heavy atom. The van der Waals surface area contributed by atoms with E-state index in [2.05, 4.69) is 51.8 Å². The third kappa shape index (κ3) is 6.32. The Balaban J connectivity index is 2.29. The zero-order valence-corrected chi connectivity index (χ0v) is 20.1. The molecule has 2 aromatic rings. The van der Waals surface area contributed by atoms with Crippen LogP contribution in [0.15, 0.2) is 34.2 Å². The molecule has 2 rings (SSSR count). The molecule has 0 spiro atoms. The zero-order valence-electron chi connectivity index (χ0n) is 19.3. The second-order valence-corrected chi connectivity index (χ2v) is 9.63. The SMILES string of the molecule is CC(C)C(C)NC(=O)CSc1nc2ccccc2c(=O)n1CCN(C(C)C)C(C)C. The van der Waals surface area contributed by atoms with E-state index in [9.17, 15) is 9.59 Å². The van der Waals surface area contributed by atoms with Crippen LogP contribution < -0.4 is 10.9 Å². The average Bonchev–Trinajstić information content (AvgIpc) is 2.67. The monoisotopic (exact) mass is 432 g/mol. The molecule has 0 aliphatic heterocycles. The largest absolute Gasteiger partial charge is 0.353 e. The molecule has 0 bridgehead atoms. The number of hydrogen-bond acceptors (Lipinski definition) is 5. The summed E-state index contributed by atoms with van der Waals surface area (Å²) in [5.74, 6) is 0.565. The molecule has 1 atom stereocenters. The molecule has 1 unspecified atom stereocenters. The van der Waals surface area contributed by atoms with Crippen molar-refractivity contribution in [1.29, 1.82) is 0 Å². The van der Waals surface area contributed by atoms with Gasteiger partial charge in [-0.15, -0.1) is 0 Å². The van der Waals surface area contributed by atoms with Gasteiger partial charge >= 0.3 is 0 Å². The Kier molecular flexibility index (Phi) is 8.92. The molecule has 1 amide bonds. The molecule has 1 aromatic carbocycles. The van der Waals surface area contributed by atoms with E-state index in [1.165, 1.54) is 11.8 Å². The van der Waals surface area contributed by atoms with E-state index < -0.39 is 0 Å². The molecule has 7 heteroatoms. The zero-order chi connectivity index (χ0) is 22.4. The fourth-order valence-electron chi connectivity index (χ4n) is 3.38. The minimum absolute atomic E-state index is 0.0406. The summed E-state index contributed by atoms with van der Waals surface area (Å²) in [7, 11) is 0. The van der Waals surface area contributed by atoms with Gasteiger partial charge < -0.3 is 5.32 Å². The average molecular weight is 433 g/mol. The van der Waals surface area contributed by atoms with Crippen LogP contribution in [-0.4, -0.2) is 50.8 Å². The molecular weight excluding hydrogens is 396 g/mol. The molecule has 30 heavy (non-hydrogen) atoms. The molecule has 0 aliphatic carbocycles. The summed E-state index contributed by atoms with van der Waals surface area (Å²) in [5, 5.41) is 4.23. The van der Waals surface area contributed by atoms with Crippen molar-refractivity contribution < 1.29 is 4.79 Å². The smallest absolute Gasteiger partial charge is 0.262 e. The molecule has 1 aromatic heterocycles. The van der Waals surface area contributed by atoms with Gasteiger partial charge in [0.2, 0.25) is 5.91 Å². The maximum Gasteiger partial charge on any atom is 0.262 e. The van der Waals surface area contributed by atoms with E-state index >= 15 is 0 Å². The van der Waals surface area contributed by atoms with Crippen LogP contribution in [0, 0.1) is 5.92 Å². The van der Waals surface area contributed by atoms with Crippen LogP contribution in [-0.2, 0) is 11.3 Å². The highest BCUT2D eigenvalue weighted by Crippen LogP contribution is 2.18. The fourth-order valence-corrected chi connectivity index (χ4v) is 4.21. The van der Waals surface area contributed by atoms with Crippen molar-refractivity contribution in [3.05, 3.63) is 34.6 Å². The van der Waals surface area contributed by atoms with E-state index in [-0.39, 0.29) is 23.3 Å². The molecular formula is C23H36N4O2S. The van der Waals surface area contributed by atoms with E-state index in [1.54, 1.807) is 4.57 Å². The van der Waals surface area contributed by atoms with Crippen LogP contribution in [0.2, 0.25) is 0 Å². The summed E-state index contributed by atoms with van der Waals surface area (Å²) >= 11 is 1.33. The van der Waals surface area contributed by atoms with Gasteiger partial charge in [-0.1, -0.05) is 37.7 Å². The second kappa shape index (κ2) is 11.0. The normalized spacial score (nSPS) is 13.0. The van der Waals surface area contributed by atoms with Crippen molar-refractivity contribution in [2.75, 3.05) is 12.3 Å². The van der Waals surface area contributed by atoms with Crippen LogP contribution >= 0.6 is 11.8 Å². The van der Waals surface area contributed by atoms with Crippen LogP contribution in [0.25, 0.3) is 10.9 Å². The number of thioether (sulfide) groups is 1. The number of carbonyl (C=O) groups is 1. The summed E-state index contributed by atoms with van der Waals surface area (Å²) in [6, 6.07) is 8.27. The Morgan fingerprint density at radius 3 is 2.33 bits per heavy atom. The standard InChI is InChI=1S/C23H36N4O2S/c1-15(2)18(7)24-21(28)14-30-23-25-20-11-9-8-10-19(20)22(29)27(23)13-12-26(16(3)4)17(5)6/h8-11,15-18H,12-14H2,1-7H3,(H,24,28). The lowest BCUT2D eigenvalue weighted by molar-refractivity contribution is -0.119. The van der Waals surface area contributed by atoms with Gasteiger partial charge in [-0.05, 0) is 52.7 Å². The first-order chi connectivity index (χ1) is 14.1. The predicted octanol–water partition coefficient (Wildman–Crippen LogP) is 3.77. The maximum absolute atomic E-state index is 13.2. The summed E-state index contributed by atoms with van der Waals surface area (Å²) in [5.41, 5.74) is 0.619. The van der Waals surface area contributed by atoms with Crippen LogP contribution in [0.1, 0.15) is 48.5 Å². The lowest BCUT2D eigenvalue weighted by Gasteiger charge is -2.30. The Morgan fingerprint density at radius 2 is 1.73 bits per heavy atom. The third-order valence-corrected chi connectivity index (χ3v) is 6.43. The molecule has 0 radical (unpaired) electrons. The minimum atomic E-state index is -0.0495. The van der Waals surface area contributed by atoms with Crippen LogP contribution in [0.5, 0.6) is 0 Å². The van der Waals surface area contributed by atoms with Crippen molar-refractivity contribution in [1.82, 2.24) is 19.8 Å². The van der Waals surface area contributed by atoms with Gasteiger partial charge in [-0.25, -0.2) is 4.98 Å². The number of carbonyl (C=O) groups excluding carboxylic acids is 1. The Labute approximate surface area is 184 Å². The van der Waals surface area contributed by atoms with E-state index in [0.717, 1.165) is 6.54 Å². The van der Waals surface area contributed by atoms with Gasteiger partial charge in [0.15, 0.2) is 5.16 Å². The number of benzene rings is 1. The number of amides is 1. The number of nitrogens with one attached hydrogen (secondary N) is 1. The van der Waals surface area contributed by atoms with Gasteiger partial charge in [0.1, 0.15) is 0 Å². The fraction of sp³-hybridized carbons (Fsp3) is 0.609. The van der Waals surface area contributed by atoms with E-state index in [0.29, 0.717) is 40.6 Å². The van der Waals surface area contributed by atoms with Gasteiger partial charge in [0, 0.05) is 31.2 Å². The van der Waals surface area contributed by atoms with Crippen molar-refractivity contribution in [2.45, 2.75) is 78.3 Å². The molecule has 0 saturated heterocycles. The first-order valence-electron chi connectivity index (χ1n) is 10.8. The lowest BCUT2D eigenvalue weighted by Crippen LogP contribution is -2.40. The van der Waals surface area contributed by atoms with Gasteiger partial charge in [0.25, 0.3) is 5.56 Å². The number of rotatable bonds is 10. The molecule has 166 valence electrons. The van der Waals surface area contributed by atoms with Gasteiger partial charge in [-0.3, -0.25) is 19.1 Å². The molecule has 0 saturated carbocycles. The highest BCUT2D eigenvalue weighted by molar-refractivity contribution is 7.99. The van der Waals surface area contributed by atoms with Gasteiger partial charge in [0.05, 0.1) is 16.7 Å². The highest BCUT2D eigenvalue weighted by atomic mass is 32.2. The number of fused-ring (bicyclic) bond motifs is 1. The Bertz CT molecular complexity index is 900. The van der Waals surface area contributed by atoms with E-state index in [1.807, 2.05) is 31.2 Å². The number of hydrogen-bond donors (Lipinski definition) is 1. The molecule has 1 heterocycles. The first-order valence-corrected chi connectivity index (χ1v) is 11.8. The van der Waals surface area contributed by atoms with Crippen LogP contribution in [0.4, 0.5) is 0 Å². The van der Waals surface area contributed by atoms with Crippen molar-refractivity contribution >= 4 is 28.6 Å². The van der Waals surface area contributed by atoms with E-state index in [4.69, 9.17) is 4.98 Å². The number of para-hydroxylation sites is 1. The third-order valence-electron chi connectivity index (χ3n) is 5.46. The van der Waals surface area contributed by atoms with Crippen molar-refractivity contribution in [3.63, 3.8) is 0 Å². The van der Waals surface area contributed by atoms with Gasteiger partial charge in [-0.2, -0.15) is 0 Å². The second-order valence-electron chi connectivity index (χ2n) is 8.68. The van der Waals surface area contributed by atoms with Crippen molar-refractivity contribution in [3.8, 4) is 0 Å². The first kappa shape index (κ1) is 24.4. The number of aromatic nitrogens is 2. The molecule has 0 aliphatic rings. The summed E-state index contributed by atoms with van der Waals surface area (Å²) in [6.45, 7) is 16.1. The summed E-state index contributed by atoms with van der Waals surface area (Å²) in [6.07, 6.45) is 0.